The van der Waals surface area contributed by atoms with Crippen LogP contribution in [0.4, 0.5) is 0 Å². The van der Waals surface area contributed by atoms with Crippen LogP contribution in [0, 0.1) is 0 Å². The maximum atomic E-state index is 2.41. The zero-order valence-electron chi connectivity index (χ0n) is 7.77. The van der Waals surface area contributed by atoms with Gasteiger partial charge in [-0.05, 0) is 42.4 Å². The Kier molecular flexibility index (Phi) is 2.16. The van der Waals surface area contributed by atoms with Gasteiger partial charge < -0.3 is 0 Å². The molecule has 1 aromatic carbocycles. The molecule has 1 aromatic rings. The van der Waals surface area contributed by atoms with Gasteiger partial charge in [-0.2, -0.15) is 0 Å². The molecule has 0 fully saturated rings. The first-order chi connectivity index (χ1) is 5.90. The predicted octanol–water partition coefficient (Wildman–Crippen LogP) is 3.13. The highest BCUT2D eigenvalue weighted by molar-refractivity contribution is 5.35. The fourth-order valence-electron chi connectivity index (χ4n) is 2.07. The van der Waals surface area contributed by atoms with Gasteiger partial charge in [0, 0.05) is 0 Å². The Hall–Kier alpha value is -0.780. The molecule has 0 nitrogen and oxygen atoms in total. The molecule has 0 spiro atoms. The minimum Gasteiger partial charge on any atom is -0.0651 e. The van der Waals surface area contributed by atoms with Gasteiger partial charge in [-0.25, -0.2) is 0 Å². The van der Waals surface area contributed by atoms with Gasteiger partial charge in [-0.3, -0.25) is 0 Å². The second-order valence-electron chi connectivity index (χ2n) is 3.71. The summed E-state index contributed by atoms with van der Waals surface area (Å²) in [6.45, 7) is 2.24. The Bertz CT molecular complexity index is 273. The molecule has 2 rings (SSSR count). The van der Waals surface area contributed by atoms with Crippen molar-refractivity contribution in [3.05, 3.63) is 34.9 Å². The van der Waals surface area contributed by atoms with Crippen LogP contribution in [0.15, 0.2) is 18.2 Å². The van der Waals surface area contributed by atoms with Crippen molar-refractivity contribution in [3.8, 4) is 0 Å². The largest absolute Gasteiger partial charge is 0.0651 e. The molecular weight excluding hydrogens is 144 g/mol. The first kappa shape index (κ1) is 7.85. The van der Waals surface area contributed by atoms with Crippen LogP contribution in [0.3, 0.4) is 0 Å². The number of hydrogen-bond donors (Lipinski definition) is 0. The Morgan fingerprint density at radius 1 is 1.17 bits per heavy atom. The van der Waals surface area contributed by atoms with E-state index in [9.17, 15) is 0 Å². The molecule has 0 heteroatoms. The predicted molar refractivity (Wildman–Crippen MR) is 52.5 cm³/mol. The third kappa shape index (κ3) is 1.38. The molecule has 0 radical (unpaired) electrons. The molecule has 0 bridgehead atoms. The molecule has 0 unspecified atom stereocenters. The van der Waals surface area contributed by atoms with Gasteiger partial charge in [-0.15, -0.1) is 0 Å². The molecule has 0 N–H and O–H groups in total. The Morgan fingerprint density at radius 3 is 2.83 bits per heavy atom. The first-order valence-corrected chi connectivity index (χ1v) is 5.01. The SMILES string of the molecule is CCCc1ccc2c(c1)CCC2. The lowest BCUT2D eigenvalue weighted by Crippen LogP contribution is -1.87. The summed E-state index contributed by atoms with van der Waals surface area (Å²) in [6, 6.07) is 7.03. The summed E-state index contributed by atoms with van der Waals surface area (Å²) < 4.78 is 0. The molecule has 0 heterocycles. The van der Waals surface area contributed by atoms with Crippen LogP contribution >= 0.6 is 0 Å². The molecule has 0 aromatic heterocycles. The van der Waals surface area contributed by atoms with Crippen LogP contribution in [-0.4, -0.2) is 0 Å². The van der Waals surface area contributed by atoms with Crippen molar-refractivity contribution in [2.75, 3.05) is 0 Å². The van der Waals surface area contributed by atoms with E-state index in [-0.39, 0.29) is 0 Å². The van der Waals surface area contributed by atoms with Crippen LogP contribution in [0.2, 0.25) is 0 Å². The first-order valence-electron chi connectivity index (χ1n) is 5.01. The van der Waals surface area contributed by atoms with Crippen molar-refractivity contribution < 1.29 is 0 Å². The molecule has 0 saturated heterocycles. The van der Waals surface area contributed by atoms with Crippen molar-refractivity contribution in [1.82, 2.24) is 0 Å². The summed E-state index contributed by atoms with van der Waals surface area (Å²) in [7, 11) is 0. The summed E-state index contributed by atoms with van der Waals surface area (Å²) in [6.07, 6.45) is 6.49. The fourth-order valence-corrected chi connectivity index (χ4v) is 2.07. The third-order valence-corrected chi connectivity index (χ3v) is 2.70. The number of benzene rings is 1. The lowest BCUT2D eigenvalue weighted by atomic mass is 10.0. The topological polar surface area (TPSA) is 0 Å². The van der Waals surface area contributed by atoms with E-state index in [2.05, 4.69) is 25.1 Å². The van der Waals surface area contributed by atoms with Crippen LogP contribution in [-0.2, 0) is 19.3 Å². The quantitative estimate of drug-likeness (QED) is 0.623. The van der Waals surface area contributed by atoms with Crippen molar-refractivity contribution >= 4 is 0 Å². The normalized spacial score (nSPS) is 14.8. The van der Waals surface area contributed by atoms with Crippen molar-refractivity contribution in [2.45, 2.75) is 39.0 Å². The van der Waals surface area contributed by atoms with E-state index < -0.39 is 0 Å². The summed E-state index contributed by atoms with van der Waals surface area (Å²) in [5.74, 6) is 0. The summed E-state index contributed by atoms with van der Waals surface area (Å²) in [5, 5.41) is 0. The van der Waals surface area contributed by atoms with Crippen LogP contribution in [0.25, 0.3) is 0 Å². The molecule has 64 valence electrons. The van der Waals surface area contributed by atoms with Gasteiger partial charge in [0.25, 0.3) is 0 Å². The Labute approximate surface area is 74.6 Å². The van der Waals surface area contributed by atoms with Crippen LogP contribution in [0.5, 0.6) is 0 Å². The van der Waals surface area contributed by atoms with Gasteiger partial charge in [0.1, 0.15) is 0 Å². The molecule has 1 aliphatic carbocycles. The number of rotatable bonds is 2. The molecule has 1 aliphatic rings. The molecule has 0 aliphatic heterocycles. The summed E-state index contributed by atoms with van der Waals surface area (Å²) in [4.78, 5) is 0. The minimum absolute atomic E-state index is 1.24. The van der Waals surface area contributed by atoms with Crippen LogP contribution in [0.1, 0.15) is 36.5 Å². The van der Waals surface area contributed by atoms with E-state index in [1.807, 2.05) is 0 Å². The summed E-state index contributed by atoms with van der Waals surface area (Å²) in [5.41, 5.74) is 4.73. The van der Waals surface area contributed by atoms with Crippen molar-refractivity contribution in [1.29, 1.82) is 0 Å². The van der Waals surface area contributed by atoms with Gasteiger partial charge in [-0.1, -0.05) is 31.5 Å². The zero-order valence-corrected chi connectivity index (χ0v) is 7.77. The second-order valence-corrected chi connectivity index (χ2v) is 3.71. The Balaban J connectivity index is 2.26. The second kappa shape index (κ2) is 3.30. The maximum Gasteiger partial charge on any atom is -0.0273 e. The monoisotopic (exact) mass is 160 g/mol. The van der Waals surface area contributed by atoms with E-state index >= 15 is 0 Å². The zero-order chi connectivity index (χ0) is 8.39. The van der Waals surface area contributed by atoms with Crippen molar-refractivity contribution in [3.63, 3.8) is 0 Å². The highest BCUT2D eigenvalue weighted by Crippen LogP contribution is 2.23. The van der Waals surface area contributed by atoms with E-state index in [4.69, 9.17) is 0 Å². The number of fused-ring (bicyclic) bond motifs is 1. The Morgan fingerprint density at radius 2 is 2.00 bits per heavy atom. The average Bonchev–Trinajstić information content (AvgIpc) is 2.51. The number of hydrogen-bond acceptors (Lipinski definition) is 0. The highest BCUT2D eigenvalue weighted by atomic mass is 14.1. The van der Waals surface area contributed by atoms with E-state index in [1.165, 1.54) is 37.7 Å². The minimum atomic E-state index is 1.24. The average molecular weight is 160 g/mol. The highest BCUT2D eigenvalue weighted by Gasteiger charge is 2.09. The van der Waals surface area contributed by atoms with Gasteiger partial charge >= 0.3 is 0 Å². The third-order valence-electron chi connectivity index (χ3n) is 2.70. The van der Waals surface area contributed by atoms with E-state index in [1.54, 1.807) is 11.1 Å². The fraction of sp³-hybridized carbons (Fsp3) is 0.500. The lowest BCUT2D eigenvalue weighted by molar-refractivity contribution is 0.907. The molecule has 0 atom stereocenters. The summed E-state index contributed by atoms with van der Waals surface area (Å²) >= 11 is 0. The smallest absolute Gasteiger partial charge is 0.0273 e. The molecular formula is C12H16. The standard InChI is InChI=1S/C12H16/c1-2-4-10-7-8-11-5-3-6-12(11)9-10/h7-9H,2-6H2,1H3. The van der Waals surface area contributed by atoms with E-state index in [0.717, 1.165) is 0 Å². The molecule has 0 saturated carbocycles. The van der Waals surface area contributed by atoms with Gasteiger partial charge in [0.15, 0.2) is 0 Å². The van der Waals surface area contributed by atoms with Gasteiger partial charge in [0.2, 0.25) is 0 Å². The van der Waals surface area contributed by atoms with Gasteiger partial charge in [0.05, 0.1) is 0 Å². The molecule has 12 heavy (non-hydrogen) atoms. The van der Waals surface area contributed by atoms with E-state index in [0.29, 0.717) is 0 Å². The van der Waals surface area contributed by atoms with Crippen molar-refractivity contribution in [2.24, 2.45) is 0 Å². The molecule has 0 amide bonds. The van der Waals surface area contributed by atoms with Crippen LogP contribution < -0.4 is 0 Å². The lowest BCUT2D eigenvalue weighted by Gasteiger charge is -2.02. The maximum absolute atomic E-state index is 2.41. The number of aryl methyl sites for hydroxylation is 3.